The van der Waals surface area contributed by atoms with Crippen LogP contribution in [0.5, 0.6) is 0 Å². The zero-order valence-electron chi connectivity index (χ0n) is 31.3. The molecule has 8 aromatic carbocycles. The smallest absolute Gasteiger partial charge is 0.164 e. The first-order chi connectivity index (χ1) is 28.8. The van der Waals surface area contributed by atoms with Gasteiger partial charge in [0.1, 0.15) is 0 Å². The van der Waals surface area contributed by atoms with Crippen molar-refractivity contribution in [1.29, 1.82) is 0 Å². The Morgan fingerprint density at radius 3 is 1.57 bits per heavy atom. The minimum Gasteiger partial charge on any atom is -0.309 e. The second-order valence-corrected chi connectivity index (χ2v) is 14.8. The van der Waals surface area contributed by atoms with Crippen molar-refractivity contribution < 1.29 is 0 Å². The molecule has 0 bridgehead atoms. The Kier molecular flexibility index (Phi) is 7.16. The molecule has 0 aliphatic heterocycles. The van der Waals surface area contributed by atoms with Gasteiger partial charge in [-0.05, 0) is 65.0 Å². The van der Waals surface area contributed by atoms with E-state index in [-0.39, 0.29) is 0 Å². The van der Waals surface area contributed by atoms with Crippen LogP contribution >= 0.6 is 0 Å². The number of pyridine rings is 1. The van der Waals surface area contributed by atoms with Crippen LogP contribution in [0, 0.1) is 0 Å². The maximum atomic E-state index is 5.01. The molecule has 0 saturated carbocycles. The normalized spacial score (nSPS) is 11.8. The highest BCUT2D eigenvalue weighted by molar-refractivity contribution is 6.30. The van der Waals surface area contributed by atoms with Gasteiger partial charge in [0.15, 0.2) is 17.5 Å². The lowest BCUT2D eigenvalue weighted by molar-refractivity contribution is 1.07. The van der Waals surface area contributed by atoms with Crippen molar-refractivity contribution in [2.75, 3.05) is 0 Å². The number of benzene rings is 8. The molecule has 5 heteroatoms. The van der Waals surface area contributed by atoms with Crippen molar-refractivity contribution in [3.05, 3.63) is 200 Å². The molecule has 0 aliphatic rings. The molecule has 0 unspecified atom stereocenters. The monoisotopic (exact) mass is 739 g/mol. The van der Waals surface area contributed by atoms with E-state index in [9.17, 15) is 0 Å². The summed E-state index contributed by atoms with van der Waals surface area (Å²) in [5, 5.41) is 7.51. The van der Waals surface area contributed by atoms with Crippen LogP contribution in [0.15, 0.2) is 200 Å². The molecule has 0 amide bonds. The topological polar surface area (TPSA) is 48.0 Å². The summed E-state index contributed by atoms with van der Waals surface area (Å²) in [6, 6.07) is 71.0. The number of aromatic nitrogens is 5. The predicted octanol–water partition coefficient (Wildman–Crippen LogP) is 13.3. The lowest BCUT2D eigenvalue weighted by Gasteiger charge is -2.13. The maximum Gasteiger partial charge on any atom is 0.164 e. The molecular weight excluding hydrogens is 707 g/mol. The van der Waals surface area contributed by atoms with Crippen molar-refractivity contribution in [1.82, 2.24) is 23.9 Å². The Morgan fingerprint density at radius 2 is 0.828 bits per heavy atom. The van der Waals surface area contributed by atoms with Gasteiger partial charge in [0.25, 0.3) is 0 Å². The number of nitrogens with zero attached hydrogens (tertiary/aromatic N) is 5. The van der Waals surface area contributed by atoms with Crippen molar-refractivity contribution in [2.24, 2.45) is 0 Å². The van der Waals surface area contributed by atoms with Crippen molar-refractivity contribution >= 4 is 59.9 Å². The summed E-state index contributed by atoms with van der Waals surface area (Å²) in [6.45, 7) is 0. The van der Waals surface area contributed by atoms with E-state index in [4.69, 9.17) is 15.0 Å². The molecule has 58 heavy (non-hydrogen) atoms. The molecular formula is C53H33N5. The lowest BCUT2D eigenvalue weighted by atomic mass is 10.00. The molecule has 0 aliphatic carbocycles. The highest BCUT2D eigenvalue weighted by Crippen LogP contribution is 2.43. The third kappa shape index (κ3) is 5.00. The van der Waals surface area contributed by atoms with Crippen LogP contribution in [0.4, 0.5) is 0 Å². The average Bonchev–Trinajstić information content (AvgIpc) is 3.86. The molecule has 0 N–H and O–H groups in total. The molecule has 4 heterocycles. The molecule has 0 spiro atoms. The summed E-state index contributed by atoms with van der Waals surface area (Å²) in [5.74, 6) is 1.93. The minimum atomic E-state index is 0.636. The van der Waals surface area contributed by atoms with Crippen LogP contribution in [0.1, 0.15) is 0 Å². The Labute approximate surface area is 333 Å². The maximum absolute atomic E-state index is 5.01. The first-order valence-electron chi connectivity index (χ1n) is 19.6. The zero-order chi connectivity index (χ0) is 38.2. The summed E-state index contributed by atoms with van der Waals surface area (Å²) >= 11 is 0. The summed E-state index contributed by atoms with van der Waals surface area (Å²) in [7, 11) is 0. The van der Waals surface area contributed by atoms with Gasteiger partial charge in [-0.3, -0.25) is 0 Å². The second kappa shape index (κ2) is 12.8. The van der Waals surface area contributed by atoms with E-state index in [2.05, 4.69) is 148 Å². The van der Waals surface area contributed by atoms with E-state index in [1.54, 1.807) is 0 Å². The molecule has 12 aromatic rings. The van der Waals surface area contributed by atoms with Gasteiger partial charge >= 0.3 is 0 Å². The van der Waals surface area contributed by atoms with Gasteiger partial charge < -0.3 is 8.97 Å². The number of fused-ring (bicyclic) bond motifs is 12. The van der Waals surface area contributed by atoms with Gasteiger partial charge in [-0.25, -0.2) is 15.0 Å². The standard InChI is InChI=1S/C53H33N5/c1-3-15-34(16-4-1)51-54-52(35-17-5-2-6-18-35)56-53(55-51)39-22-13-20-36(31-39)37-21-14-23-40(32-37)57-46-28-12-9-25-43(46)50-47(57)30-29-42-41-24-8-11-27-45(41)58-44-26-10-7-19-38(44)33-48(58)49(42)50/h1-33H. The molecule has 0 fully saturated rings. The number of hydrogen-bond donors (Lipinski definition) is 0. The SMILES string of the molecule is c1ccc(-c2nc(-c3ccccc3)nc(-c3cccc(-c4cccc(-n5c6ccccc6c6c7c(ccc65)c5ccccc5n5c6ccccc6cc75)c4)c3)n2)cc1. The fraction of sp³-hybridized carbons (Fsp3) is 0. The van der Waals surface area contributed by atoms with Gasteiger partial charge in [-0.15, -0.1) is 0 Å². The molecule has 0 saturated heterocycles. The highest BCUT2D eigenvalue weighted by Gasteiger charge is 2.20. The molecule has 4 aromatic heterocycles. The molecule has 12 rings (SSSR count). The van der Waals surface area contributed by atoms with Crippen LogP contribution in [0.2, 0.25) is 0 Å². The Hall–Kier alpha value is -7.89. The summed E-state index contributed by atoms with van der Waals surface area (Å²) in [6.07, 6.45) is 0. The largest absolute Gasteiger partial charge is 0.309 e. The van der Waals surface area contributed by atoms with Crippen molar-refractivity contribution in [3.63, 3.8) is 0 Å². The number of para-hydroxylation sites is 3. The number of hydrogen-bond acceptors (Lipinski definition) is 3. The number of rotatable bonds is 5. The minimum absolute atomic E-state index is 0.636. The molecule has 5 nitrogen and oxygen atoms in total. The fourth-order valence-corrected chi connectivity index (χ4v) is 8.92. The summed E-state index contributed by atoms with van der Waals surface area (Å²) in [4.78, 5) is 14.9. The van der Waals surface area contributed by atoms with Crippen LogP contribution in [0.3, 0.4) is 0 Å². The van der Waals surface area contributed by atoms with Gasteiger partial charge in [0.2, 0.25) is 0 Å². The highest BCUT2D eigenvalue weighted by atomic mass is 15.0. The Balaban J connectivity index is 1.05. The average molecular weight is 740 g/mol. The summed E-state index contributed by atoms with van der Waals surface area (Å²) < 4.78 is 4.88. The first-order valence-corrected chi connectivity index (χ1v) is 19.6. The second-order valence-electron chi connectivity index (χ2n) is 14.8. The zero-order valence-corrected chi connectivity index (χ0v) is 31.3. The fourth-order valence-electron chi connectivity index (χ4n) is 8.92. The van der Waals surface area contributed by atoms with Crippen LogP contribution in [-0.2, 0) is 0 Å². The van der Waals surface area contributed by atoms with E-state index in [0.717, 1.165) is 33.5 Å². The van der Waals surface area contributed by atoms with Crippen LogP contribution in [0.25, 0.3) is 111 Å². The molecule has 0 radical (unpaired) electrons. The molecule has 270 valence electrons. The van der Waals surface area contributed by atoms with E-state index < -0.39 is 0 Å². The first kappa shape index (κ1) is 32.4. The van der Waals surface area contributed by atoms with Crippen LogP contribution < -0.4 is 0 Å². The third-order valence-corrected chi connectivity index (χ3v) is 11.5. The van der Waals surface area contributed by atoms with E-state index in [0.29, 0.717) is 17.5 Å². The van der Waals surface area contributed by atoms with Gasteiger partial charge in [-0.2, -0.15) is 0 Å². The quantitative estimate of drug-likeness (QED) is 0.165. The van der Waals surface area contributed by atoms with Gasteiger partial charge in [-0.1, -0.05) is 152 Å². The van der Waals surface area contributed by atoms with Crippen molar-refractivity contribution in [3.8, 4) is 51.0 Å². The third-order valence-electron chi connectivity index (χ3n) is 11.5. The van der Waals surface area contributed by atoms with E-state index in [1.165, 1.54) is 59.9 Å². The van der Waals surface area contributed by atoms with Crippen molar-refractivity contribution in [2.45, 2.75) is 0 Å². The summed E-state index contributed by atoms with van der Waals surface area (Å²) in [5.41, 5.74) is 12.1. The van der Waals surface area contributed by atoms with Gasteiger partial charge in [0, 0.05) is 49.3 Å². The predicted molar refractivity (Wildman–Crippen MR) is 239 cm³/mol. The lowest BCUT2D eigenvalue weighted by Crippen LogP contribution is -2.00. The van der Waals surface area contributed by atoms with Crippen LogP contribution in [-0.4, -0.2) is 23.9 Å². The Bertz CT molecular complexity index is 3510. The Morgan fingerprint density at radius 1 is 0.293 bits per heavy atom. The van der Waals surface area contributed by atoms with Gasteiger partial charge in [0.05, 0.1) is 27.6 Å². The van der Waals surface area contributed by atoms with E-state index in [1.807, 2.05) is 60.7 Å². The molecule has 0 atom stereocenters. The van der Waals surface area contributed by atoms with E-state index >= 15 is 0 Å².